The van der Waals surface area contributed by atoms with Crippen LogP contribution in [0.3, 0.4) is 0 Å². The first kappa shape index (κ1) is 16.0. The number of nitrogens with one attached hydrogen (secondary N) is 1. The molecule has 1 aromatic carbocycles. The van der Waals surface area contributed by atoms with E-state index in [1.807, 2.05) is 20.2 Å². The van der Waals surface area contributed by atoms with Crippen LogP contribution in [-0.2, 0) is 11.3 Å². The molecule has 5 heteroatoms. The van der Waals surface area contributed by atoms with Crippen molar-refractivity contribution in [3.63, 3.8) is 0 Å². The van der Waals surface area contributed by atoms with Crippen LogP contribution >= 0.6 is 0 Å². The van der Waals surface area contributed by atoms with Crippen molar-refractivity contribution in [3.05, 3.63) is 35.4 Å². The second-order valence-electron chi connectivity index (χ2n) is 4.64. The monoisotopic (exact) mass is 272 g/mol. The number of benzene rings is 1. The summed E-state index contributed by atoms with van der Waals surface area (Å²) in [7, 11) is 4.00. The van der Waals surface area contributed by atoms with Gasteiger partial charge in [0, 0.05) is 25.2 Å². The highest BCUT2D eigenvalue weighted by atomic mass is 19.3. The second kappa shape index (κ2) is 8.96. The number of alkyl halides is 2. The van der Waals surface area contributed by atoms with E-state index in [4.69, 9.17) is 4.74 Å². The van der Waals surface area contributed by atoms with Gasteiger partial charge in [0.25, 0.3) is 6.43 Å². The van der Waals surface area contributed by atoms with E-state index in [0.29, 0.717) is 26.3 Å². The average molecular weight is 272 g/mol. The van der Waals surface area contributed by atoms with Gasteiger partial charge < -0.3 is 15.0 Å². The number of hydrogen-bond acceptors (Lipinski definition) is 3. The molecule has 0 amide bonds. The zero-order valence-electron chi connectivity index (χ0n) is 11.5. The van der Waals surface area contributed by atoms with E-state index in [2.05, 4.69) is 10.2 Å². The van der Waals surface area contributed by atoms with E-state index in [1.54, 1.807) is 6.07 Å². The Hall–Kier alpha value is -1.04. The van der Waals surface area contributed by atoms with E-state index < -0.39 is 6.43 Å². The molecule has 1 aromatic rings. The van der Waals surface area contributed by atoms with E-state index in [-0.39, 0.29) is 5.56 Å². The molecule has 0 fully saturated rings. The molecule has 0 atom stereocenters. The third-order valence-electron chi connectivity index (χ3n) is 2.64. The number of ether oxygens (including phenoxy) is 1. The summed E-state index contributed by atoms with van der Waals surface area (Å²) < 4.78 is 30.4. The van der Waals surface area contributed by atoms with Crippen LogP contribution in [0.25, 0.3) is 0 Å². The molecule has 19 heavy (non-hydrogen) atoms. The van der Waals surface area contributed by atoms with E-state index in [9.17, 15) is 8.78 Å². The highest BCUT2D eigenvalue weighted by molar-refractivity contribution is 5.24. The molecule has 0 aliphatic rings. The Morgan fingerprint density at radius 3 is 2.74 bits per heavy atom. The molecular formula is C14H22F2N2O. The SMILES string of the molecule is CN(C)CCOCCNCc1cccc(C(F)F)c1. The van der Waals surface area contributed by atoms with Crippen molar-refractivity contribution in [1.29, 1.82) is 0 Å². The van der Waals surface area contributed by atoms with Crippen LogP contribution in [-0.4, -0.2) is 45.3 Å². The molecule has 1 rings (SSSR count). The van der Waals surface area contributed by atoms with E-state index in [1.165, 1.54) is 12.1 Å². The van der Waals surface area contributed by atoms with Gasteiger partial charge >= 0.3 is 0 Å². The predicted molar refractivity (Wildman–Crippen MR) is 72.5 cm³/mol. The molecule has 0 saturated carbocycles. The molecule has 0 saturated heterocycles. The summed E-state index contributed by atoms with van der Waals surface area (Å²) >= 11 is 0. The highest BCUT2D eigenvalue weighted by Crippen LogP contribution is 2.19. The molecule has 108 valence electrons. The first-order valence-corrected chi connectivity index (χ1v) is 6.40. The van der Waals surface area contributed by atoms with Crippen LogP contribution in [0, 0.1) is 0 Å². The lowest BCUT2D eigenvalue weighted by Crippen LogP contribution is -2.23. The molecule has 0 bridgehead atoms. The average Bonchev–Trinajstić information content (AvgIpc) is 2.37. The number of nitrogens with zero attached hydrogens (tertiary/aromatic N) is 1. The minimum Gasteiger partial charge on any atom is -0.379 e. The molecule has 3 nitrogen and oxygen atoms in total. The summed E-state index contributed by atoms with van der Waals surface area (Å²) in [6.45, 7) is 3.53. The van der Waals surface area contributed by atoms with Crippen LogP contribution in [0.4, 0.5) is 8.78 Å². The van der Waals surface area contributed by atoms with Gasteiger partial charge in [-0.1, -0.05) is 18.2 Å². The Balaban J connectivity index is 2.14. The van der Waals surface area contributed by atoms with Crippen LogP contribution in [0.5, 0.6) is 0 Å². The maximum absolute atomic E-state index is 12.5. The van der Waals surface area contributed by atoms with Crippen LogP contribution < -0.4 is 5.32 Å². The van der Waals surface area contributed by atoms with Crippen molar-refractivity contribution in [1.82, 2.24) is 10.2 Å². The molecule has 0 spiro atoms. The lowest BCUT2D eigenvalue weighted by atomic mass is 10.1. The van der Waals surface area contributed by atoms with Gasteiger partial charge in [0.05, 0.1) is 13.2 Å². The van der Waals surface area contributed by atoms with Crippen molar-refractivity contribution >= 4 is 0 Å². The van der Waals surface area contributed by atoms with E-state index >= 15 is 0 Å². The Morgan fingerprint density at radius 2 is 2.05 bits per heavy atom. The predicted octanol–water partition coefficient (Wildman–Crippen LogP) is 2.29. The molecule has 1 N–H and O–H groups in total. The van der Waals surface area contributed by atoms with Crippen molar-refractivity contribution < 1.29 is 13.5 Å². The molecule has 0 unspecified atom stereocenters. The van der Waals surface area contributed by atoms with Crippen molar-refractivity contribution in [2.45, 2.75) is 13.0 Å². The number of hydrogen-bond donors (Lipinski definition) is 1. The fourth-order valence-corrected chi connectivity index (χ4v) is 1.57. The number of likely N-dealkylation sites (N-methyl/N-ethyl adjacent to an activating group) is 1. The second-order valence-corrected chi connectivity index (χ2v) is 4.64. The summed E-state index contributed by atoms with van der Waals surface area (Å²) in [5.41, 5.74) is 0.938. The summed E-state index contributed by atoms with van der Waals surface area (Å²) in [4.78, 5) is 2.06. The molecule has 0 heterocycles. The fourth-order valence-electron chi connectivity index (χ4n) is 1.57. The Morgan fingerprint density at radius 1 is 1.26 bits per heavy atom. The van der Waals surface area contributed by atoms with E-state index in [0.717, 1.165) is 12.1 Å². The normalized spacial score (nSPS) is 11.5. The Kier molecular flexibility index (Phi) is 7.55. The van der Waals surface area contributed by atoms with Crippen LogP contribution in [0.1, 0.15) is 17.6 Å². The molecule has 0 aromatic heterocycles. The third-order valence-corrected chi connectivity index (χ3v) is 2.64. The lowest BCUT2D eigenvalue weighted by molar-refractivity contribution is 0.119. The smallest absolute Gasteiger partial charge is 0.263 e. The summed E-state index contributed by atoms with van der Waals surface area (Å²) in [5, 5.41) is 3.17. The van der Waals surface area contributed by atoms with Crippen LogP contribution in [0.15, 0.2) is 24.3 Å². The summed E-state index contributed by atoms with van der Waals surface area (Å²) in [6.07, 6.45) is -2.41. The first-order chi connectivity index (χ1) is 9.09. The Bertz CT molecular complexity index is 359. The van der Waals surface area contributed by atoms with Gasteiger partial charge in [0.1, 0.15) is 0 Å². The molecular weight excluding hydrogens is 250 g/mol. The lowest BCUT2D eigenvalue weighted by Gasteiger charge is -2.10. The maximum atomic E-state index is 12.5. The first-order valence-electron chi connectivity index (χ1n) is 6.40. The van der Waals surface area contributed by atoms with Crippen LogP contribution in [0.2, 0.25) is 0 Å². The van der Waals surface area contributed by atoms with Gasteiger partial charge in [-0.15, -0.1) is 0 Å². The Labute approximate surface area is 113 Å². The van der Waals surface area contributed by atoms with Gasteiger partial charge in [0.15, 0.2) is 0 Å². The van der Waals surface area contributed by atoms with Crippen molar-refractivity contribution in [2.24, 2.45) is 0 Å². The van der Waals surface area contributed by atoms with Gasteiger partial charge in [0.2, 0.25) is 0 Å². The number of halogens is 2. The number of rotatable bonds is 9. The van der Waals surface area contributed by atoms with Crippen molar-refractivity contribution in [3.8, 4) is 0 Å². The van der Waals surface area contributed by atoms with Gasteiger partial charge in [-0.3, -0.25) is 0 Å². The topological polar surface area (TPSA) is 24.5 Å². The van der Waals surface area contributed by atoms with Gasteiger partial charge in [-0.2, -0.15) is 0 Å². The fraction of sp³-hybridized carbons (Fsp3) is 0.571. The zero-order chi connectivity index (χ0) is 14.1. The summed E-state index contributed by atoms with van der Waals surface area (Å²) in [6, 6.07) is 6.47. The molecule has 0 aliphatic heterocycles. The highest BCUT2D eigenvalue weighted by Gasteiger charge is 2.06. The third kappa shape index (κ3) is 7.20. The minimum absolute atomic E-state index is 0.0709. The summed E-state index contributed by atoms with van der Waals surface area (Å²) in [5.74, 6) is 0. The molecule has 0 radical (unpaired) electrons. The molecule has 0 aliphatic carbocycles. The minimum atomic E-state index is -2.41. The maximum Gasteiger partial charge on any atom is 0.263 e. The quantitative estimate of drug-likeness (QED) is 0.698. The van der Waals surface area contributed by atoms with Gasteiger partial charge in [-0.05, 0) is 25.7 Å². The van der Waals surface area contributed by atoms with Gasteiger partial charge in [-0.25, -0.2) is 8.78 Å². The largest absolute Gasteiger partial charge is 0.379 e. The van der Waals surface area contributed by atoms with Crippen molar-refractivity contribution in [2.75, 3.05) is 40.4 Å². The standard InChI is InChI=1S/C14H22F2N2O/c1-18(2)7-9-19-8-6-17-11-12-4-3-5-13(10-12)14(15)16/h3-5,10,14,17H,6-9,11H2,1-2H3. The zero-order valence-corrected chi connectivity index (χ0v) is 11.5.